The van der Waals surface area contributed by atoms with Crippen LogP contribution in [-0.4, -0.2) is 32.3 Å². The second-order valence-corrected chi connectivity index (χ2v) is 5.75. The Bertz CT molecular complexity index is 749. The molecule has 0 aliphatic heterocycles. The van der Waals surface area contributed by atoms with Crippen LogP contribution in [0.1, 0.15) is 11.3 Å². The van der Waals surface area contributed by atoms with E-state index >= 15 is 0 Å². The van der Waals surface area contributed by atoms with Crippen molar-refractivity contribution >= 4 is 22.2 Å². The van der Waals surface area contributed by atoms with Crippen molar-refractivity contribution < 1.29 is 9.90 Å². The first kappa shape index (κ1) is 13.6. The number of likely N-dealkylation sites (N-methyl/N-ethyl adjacent to an activating group) is 1. The molecule has 108 valence electrons. The fourth-order valence-electron chi connectivity index (χ4n) is 2.14. The number of nitrogens with zero attached hydrogens (tertiary/aromatic N) is 3. The van der Waals surface area contributed by atoms with Gasteiger partial charge in [0.1, 0.15) is 5.75 Å². The number of aromatic nitrogens is 2. The number of hydrogen-bond donors (Lipinski definition) is 1. The van der Waals surface area contributed by atoms with Crippen molar-refractivity contribution in [1.29, 1.82) is 0 Å². The molecule has 1 aromatic carbocycles. The highest BCUT2D eigenvalue weighted by Gasteiger charge is 2.14. The molecule has 5 nitrogen and oxygen atoms in total. The summed E-state index contributed by atoms with van der Waals surface area (Å²) in [4.78, 5) is 19.1. The zero-order valence-corrected chi connectivity index (χ0v) is 12.4. The van der Waals surface area contributed by atoms with E-state index in [2.05, 4.69) is 4.98 Å². The summed E-state index contributed by atoms with van der Waals surface area (Å²) in [6.07, 6.45) is 4.06. The van der Waals surface area contributed by atoms with Crippen molar-refractivity contribution in [2.75, 3.05) is 7.05 Å². The number of imidazole rings is 1. The Morgan fingerprint density at radius 2 is 2.24 bits per heavy atom. The number of phenolic OH excluding ortho intramolecular Hbond substituents is 1. The van der Waals surface area contributed by atoms with Gasteiger partial charge in [0.25, 0.3) is 0 Å². The topological polar surface area (TPSA) is 57.8 Å². The van der Waals surface area contributed by atoms with E-state index in [1.807, 2.05) is 34.3 Å². The predicted octanol–water partition coefficient (Wildman–Crippen LogP) is 2.30. The lowest BCUT2D eigenvalue weighted by Gasteiger charge is -2.17. The van der Waals surface area contributed by atoms with Crippen LogP contribution in [0.4, 0.5) is 0 Å². The van der Waals surface area contributed by atoms with Gasteiger partial charge >= 0.3 is 0 Å². The third kappa shape index (κ3) is 2.90. The first-order chi connectivity index (χ1) is 10.1. The molecule has 0 spiro atoms. The lowest BCUT2D eigenvalue weighted by Crippen LogP contribution is -2.27. The molecule has 3 aromatic rings. The molecule has 0 unspecified atom stereocenters. The highest BCUT2D eigenvalue weighted by atomic mass is 32.1. The van der Waals surface area contributed by atoms with Gasteiger partial charge in [-0.1, -0.05) is 18.2 Å². The molecule has 0 saturated carbocycles. The van der Waals surface area contributed by atoms with Gasteiger partial charge in [0, 0.05) is 36.9 Å². The Labute approximate surface area is 126 Å². The van der Waals surface area contributed by atoms with Crippen molar-refractivity contribution in [3.05, 3.63) is 53.3 Å². The first-order valence-electron chi connectivity index (χ1n) is 6.55. The zero-order chi connectivity index (χ0) is 14.8. The number of thiazole rings is 1. The summed E-state index contributed by atoms with van der Waals surface area (Å²) in [7, 11) is 1.73. The highest BCUT2D eigenvalue weighted by molar-refractivity contribution is 7.15. The molecule has 0 aliphatic carbocycles. The summed E-state index contributed by atoms with van der Waals surface area (Å²) < 4.78 is 1.91. The summed E-state index contributed by atoms with van der Waals surface area (Å²) in [5, 5.41) is 11.7. The lowest BCUT2D eigenvalue weighted by atomic mass is 10.2. The van der Waals surface area contributed by atoms with Crippen LogP contribution in [0.5, 0.6) is 5.75 Å². The van der Waals surface area contributed by atoms with Gasteiger partial charge in [0.15, 0.2) is 4.96 Å². The van der Waals surface area contributed by atoms with Crippen LogP contribution >= 0.6 is 11.3 Å². The fraction of sp³-hybridized carbons (Fsp3) is 0.200. The SMILES string of the molecule is CN(Cc1ccccc1O)C(=O)Cc1cn2ccsc2n1. The van der Waals surface area contributed by atoms with Crippen LogP contribution in [0.3, 0.4) is 0 Å². The molecule has 6 heteroatoms. The lowest BCUT2D eigenvalue weighted by molar-refractivity contribution is -0.129. The Morgan fingerprint density at radius 1 is 1.43 bits per heavy atom. The van der Waals surface area contributed by atoms with Crippen molar-refractivity contribution in [2.24, 2.45) is 0 Å². The molecule has 1 amide bonds. The van der Waals surface area contributed by atoms with Crippen LogP contribution in [0.15, 0.2) is 42.0 Å². The Kier molecular flexibility index (Phi) is 3.62. The molecule has 0 atom stereocenters. The number of hydrogen-bond acceptors (Lipinski definition) is 4. The monoisotopic (exact) mass is 301 g/mol. The smallest absolute Gasteiger partial charge is 0.228 e. The van der Waals surface area contributed by atoms with Gasteiger partial charge in [-0.05, 0) is 6.07 Å². The normalized spacial score (nSPS) is 10.9. The summed E-state index contributed by atoms with van der Waals surface area (Å²) >= 11 is 1.54. The molecule has 2 aromatic heterocycles. The Morgan fingerprint density at radius 3 is 3.00 bits per heavy atom. The number of para-hydroxylation sites is 1. The summed E-state index contributed by atoms with van der Waals surface area (Å²) in [6.45, 7) is 0.383. The second kappa shape index (κ2) is 5.57. The van der Waals surface area contributed by atoms with E-state index in [1.165, 1.54) is 0 Å². The van der Waals surface area contributed by atoms with Crippen LogP contribution in [-0.2, 0) is 17.8 Å². The number of amides is 1. The molecule has 0 radical (unpaired) electrons. The molecule has 2 heterocycles. The van der Waals surface area contributed by atoms with Gasteiger partial charge in [0.2, 0.25) is 5.91 Å². The van der Waals surface area contributed by atoms with Gasteiger partial charge in [-0.25, -0.2) is 4.98 Å². The average molecular weight is 301 g/mol. The van der Waals surface area contributed by atoms with Gasteiger partial charge in [-0.3, -0.25) is 9.20 Å². The first-order valence-corrected chi connectivity index (χ1v) is 7.43. The molecule has 0 saturated heterocycles. The van der Waals surface area contributed by atoms with Gasteiger partial charge in [-0.2, -0.15) is 0 Å². The molecular formula is C15H15N3O2S. The maximum Gasteiger partial charge on any atom is 0.228 e. The Hall–Kier alpha value is -2.34. The molecule has 0 bridgehead atoms. The summed E-state index contributed by atoms with van der Waals surface area (Å²) in [6, 6.07) is 7.04. The predicted molar refractivity (Wildman–Crippen MR) is 81.4 cm³/mol. The number of phenols is 1. The zero-order valence-electron chi connectivity index (χ0n) is 11.6. The quantitative estimate of drug-likeness (QED) is 0.804. The minimum Gasteiger partial charge on any atom is -0.508 e. The summed E-state index contributed by atoms with van der Waals surface area (Å²) in [5.41, 5.74) is 1.50. The highest BCUT2D eigenvalue weighted by Crippen LogP contribution is 2.18. The number of benzene rings is 1. The van der Waals surface area contributed by atoms with Crippen LogP contribution in [0.2, 0.25) is 0 Å². The molecule has 21 heavy (non-hydrogen) atoms. The van der Waals surface area contributed by atoms with Crippen LogP contribution < -0.4 is 0 Å². The fourth-order valence-corrected chi connectivity index (χ4v) is 2.86. The molecule has 0 aliphatic rings. The maximum atomic E-state index is 12.2. The second-order valence-electron chi connectivity index (χ2n) is 4.88. The largest absolute Gasteiger partial charge is 0.508 e. The minimum absolute atomic E-state index is 0.0241. The standard InChI is InChI=1S/C15H15N3O2S/c1-17(9-11-4-2-3-5-13(11)19)14(20)8-12-10-18-6-7-21-15(18)16-12/h2-7,10,19H,8-9H2,1H3. The van der Waals surface area contributed by atoms with Crippen molar-refractivity contribution in [3.8, 4) is 5.75 Å². The van der Waals surface area contributed by atoms with Crippen molar-refractivity contribution in [2.45, 2.75) is 13.0 Å². The van der Waals surface area contributed by atoms with Gasteiger partial charge in [-0.15, -0.1) is 11.3 Å². The van der Waals surface area contributed by atoms with E-state index in [0.29, 0.717) is 6.54 Å². The molecule has 3 rings (SSSR count). The number of carbonyl (C=O) groups excluding carboxylic acids is 1. The molecule has 1 N–H and O–H groups in total. The summed E-state index contributed by atoms with van der Waals surface area (Å²) in [5.74, 6) is 0.184. The van der Waals surface area contributed by atoms with E-state index in [4.69, 9.17) is 0 Å². The van der Waals surface area contributed by atoms with Crippen LogP contribution in [0, 0.1) is 0 Å². The average Bonchev–Trinajstić information content (AvgIpc) is 3.02. The van der Waals surface area contributed by atoms with E-state index in [-0.39, 0.29) is 18.1 Å². The van der Waals surface area contributed by atoms with Gasteiger partial charge in [0.05, 0.1) is 12.1 Å². The van der Waals surface area contributed by atoms with Crippen molar-refractivity contribution in [3.63, 3.8) is 0 Å². The minimum atomic E-state index is -0.0241. The van der Waals surface area contributed by atoms with E-state index in [1.54, 1.807) is 35.4 Å². The number of aromatic hydroxyl groups is 1. The third-order valence-corrected chi connectivity index (χ3v) is 4.07. The third-order valence-electron chi connectivity index (χ3n) is 3.30. The van der Waals surface area contributed by atoms with Crippen LogP contribution in [0.25, 0.3) is 4.96 Å². The number of carbonyl (C=O) groups is 1. The number of fused-ring (bicyclic) bond motifs is 1. The molecule has 0 fully saturated rings. The van der Waals surface area contributed by atoms with E-state index < -0.39 is 0 Å². The maximum absolute atomic E-state index is 12.2. The van der Waals surface area contributed by atoms with Crippen molar-refractivity contribution in [1.82, 2.24) is 14.3 Å². The van der Waals surface area contributed by atoms with Gasteiger partial charge < -0.3 is 10.0 Å². The Balaban J connectivity index is 1.67. The molecular weight excluding hydrogens is 286 g/mol. The number of rotatable bonds is 4. The van der Waals surface area contributed by atoms with E-state index in [9.17, 15) is 9.90 Å². The van der Waals surface area contributed by atoms with E-state index in [0.717, 1.165) is 16.2 Å².